The van der Waals surface area contributed by atoms with Crippen LogP contribution in [0, 0.1) is 5.92 Å². The van der Waals surface area contributed by atoms with Crippen LogP contribution >= 0.6 is 0 Å². The standard InChI is InChI=1S/C16H29N3O2/c1-3-20-13-15-5-9-19(12-15)16(17-2)18-8-4-14-6-10-21-11-7-14/h6,15H,3-5,7-13H2,1-2H3,(H,17,18). The highest BCUT2D eigenvalue weighted by molar-refractivity contribution is 5.80. The lowest BCUT2D eigenvalue weighted by Crippen LogP contribution is -2.40. The number of likely N-dealkylation sites (tertiary alicyclic amines) is 1. The number of aliphatic imine (C=N–C) groups is 1. The molecule has 0 saturated carbocycles. The van der Waals surface area contributed by atoms with Crippen molar-refractivity contribution in [3.8, 4) is 0 Å². The molecule has 1 atom stereocenters. The van der Waals surface area contributed by atoms with Gasteiger partial charge < -0.3 is 19.7 Å². The molecule has 5 heteroatoms. The minimum Gasteiger partial charge on any atom is -0.381 e. The lowest BCUT2D eigenvalue weighted by atomic mass is 10.1. The first-order valence-electron chi connectivity index (χ1n) is 8.12. The summed E-state index contributed by atoms with van der Waals surface area (Å²) in [6.45, 7) is 8.45. The molecule has 5 nitrogen and oxygen atoms in total. The highest BCUT2D eigenvalue weighted by Crippen LogP contribution is 2.17. The Morgan fingerprint density at radius 3 is 3.19 bits per heavy atom. The minimum absolute atomic E-state index is 0.640. The van der Waals surface area contributed by atoms with Gasteiger partial charge in [0, 0.05) is 39.2 Å². The second kappa shape index (κ2) is 9.05. The third-order valence-corrected chi connectivity index (χ3v) is 4.14. The van der Waals surface area contributed by atoms with Crippen LogP contribution in [0.25, 0.3) is 0 Å². The van der Waals surface area contributed by atoms with E-state index in [4.69, 9.17) is 9.47 Å². The second-order valence-corrected chi connectivity index (χ2v) is 5.67. The van der Waals surface area contributed by atoms with Crippen LogP contribution in [0.2, 0.25) is 0 Å². The van der Waals surface area contributed by atoms with Crippen molar-refractivity contribution < 1.29 is 9.47 Å². The Balaban J connectivity index is 1.69. The summed E-state index contributed by atoms with van der Waals surface area (Å²) in [4.78, 5) is 6.76. The molecule has 2 rings (SSSR count). The largest absolute Gasteiger partial charge is 0.381 e. The number of guanidine groups is 1. The average molecular weight is 295 g/mol. The fourth-order valence-electron chi connectivity index (χ4n) is 2.91. The molecule has 2 aliphatic rings. The SMILES string of the molecule is CCOCC1CCN(C(=NC)NCCC2=CCOCC2)C1. The van der Waals surface area contributed by atoms with Gasteiger partial charge in [-0.2, -0.15) is 0 Å². The first-order valence-corrected chi connectivity index (χ1v) is 8.12. The molecule has 0 aromatic rings. The van der Waals surface area contributed by atoms with E-state index in [9.17, 15) is 0 Å². The lowest BCUT2D eigenvalue weighted by Gasteiger charge is -2.22. The van der Waals surface area contributed by atoms with Crippen LogP contribution in [0.4, 0.5) is 0 Å². The molecule has 1 N–H and O–H groups in total. The summed E-state index contributed by atoms with van der Waals surface area (Å²) in [6.07, 6.45) is 5.56. The van der Waals surface area contributed by atoms with Crippen molar-refractivity contribution in [2.45, 2.75) is 26.2 Å². The summed E-state index contributed by atoms with van der Waals surface area (Å²) in [5.41, 5.74) is 1.50. The van der Waals surface area contributed by atoms with Crippen molar-refractivity contribution in [1.82, 2.24) is 10.2 Å². The number of ether oxygens (including phenoxy) is 2. The summed E-state index contributed by atoms with van der Waals surface area (Å²) in [5.74, 6) is 1.67. The molecule has 0 bridgehead atoms. The van der Waals surface area contributed by atoms with Gasteiger partial charge in [-0.05, 0) is 26.2 Å². The molecule has 0 aromatic carbocycles. The molecule has 120 valence electrons. The van der Waals surface area contributed by atoms with Gasteiger partial charge in [0.1, 0.15) is 0 Å². The number of nitrogens with zero attached hydrogens (tertiary/aromatic N) is 2. The van der Waals surface area contributed by atoms with Crippen molar-refractivity contribution in [3.05, 3.63) is 11.6 Å². The Kier molecular flexibility index (Phi) is 7.03. The molecule has 2 aliphatic heterocycles. The normalized spacial score (nSPS) is 23.3. The zero-order chi connectivity index (χ0) is 14.9. The molecule has 2 heterocycles. The van der Waals surface area contributed by atoms with E-state index in [1.807, 2.05) is 7.05 Å². The molecule has 1 unspecified atom stereocenters. The second-order valence-electron chi connectivity index (χ2n) is 5.67. The summed E-state index contributed by atoms with van der Waals surface area (Å²) in [6, 6.07) is 0. The van der Waals surface area contributed by atoms with Gasteiger partial charge >= 0.3 is 0 Å². The van der Waals surface area contributed by atoms with Crippen molar-refractivity contribution in [1.29, 1.82) is 0 Å². The summed E-state index contributed by atoms with van der Waals surface area (Å²) in [5, 5.41) is 3.49. The molecule has 0 radical (unpaired) electrons. The molecule has 0 spiro atoms. The van der Waals surface area contributed by atoms with E-state index >= 15 is 0 Å². The van der Waals surface area contributed by atoms with E-state index in [0.717, 1.165) is 64.9 Å². The maximum absolute atomic E-state index is 5.53. The summed E-state index contributed by atoms with van der Waals surface area (Å²) in [7, 11) is 1.87. The molecule has 0 amide bonds. The third kappa shape index (κ3) is 5.32. The average Bonchev–Trinajstić information content (AvgIpc) is 2.99. The van der Waals surface area contributed by atoms with Gasteiger partial charge in [-0.15, -0.1) is 0 Å². The molecular weight excluding hydrogens is 266 g/mol. The van der Waals surface area contributed by atoms with Gasteiger partial charge in [-0.1, -0.05) is 11.6 Å². The Morgan fingerprint density at radius 1 is 1.57 bits per heavy atom. The Morgan fingerprint density at radius 2 is 2.48 bits per heavy atom. The zero-order valence-corrected chi connectivity index (χ0v) is 13.4. The van der Waals surface area contributed by atoms with Crippen LogP contribution in [-0.4, -0.2) is 64.0 Å². The molecular formula is C16H29N3O2. The third-order valence-electron chi connectivity index (χ3n) is 4.14. The molecule has 1 saturated heterocycles. The van der Waals surface area contributed by atoms with E-state index in [-0.39, 0.29) is 0 Å². The van der Waals surface area contributed by atoms with E-state index in [1.54, 1.807) is 0 Å². The fourth-order valence-corrected chi connectivity index (χ4v) is 2.91. The minimum atomic E-state index is 0.640. The fraction of sp³-hybridized carbons (Fsp3) is 0.812. The van der Waals surface area contributed by atoms with Crippen LogP contribution in [0.1, 0.15) is 26.2 Å². The van der Waals surface area contributed by atoms with Crippen molar-refractivity contribution in [3.63, 3.8) is 0 Å². The van der Waals surface area contributed by atoms with Gasteiger partial charge in [0.15, 0.2) is 5.96 Å². The van der Waals surface area contributed by atoms with Crippen LogP contribution < -0.4 is 5.32 Å². The maximum Gasteiger partial charge on any atom is 0.193 e. The molecule has 0 aliphatic carbocycles. The molecule has 21 heavy (non-hydrogen) atoms. The van der Waals surface area contributed by atoms with Crippen LogP contribution in [0.3, 0.4) is 0 Å². The van der Waals surface area contributed by atoms with Crippen LogP contribution in [0.15, 0.2) is 16.6 Å². The predicted octanol–water partition coefficient (Wildman–Crippen LogP) is 1.66. The van der Waals surface area contributed by atoms with Gasteiger partial charge in [-0.25, -0.2) is 0 Å². The highest BCUT2D eigenvalue weighted by atomic mass is 16.5. The first kappa shape index (κ1) is 16.3. The van der Waals surface area contributed by atoms with Gasteiger partial charge in [0.2, 0.25) is 0 Å². The number of rotatable bonds is 6. The maximum atomic E-state index is 5.53. The van der Waals surface area contributed by atoms with E-state index < -0.39 is 0 Å². The highest BCUT2D eigenvalue weighted by Gasteiger charge is 2.24. The van der Waals surface area contributed by atoms with E-state index in [0.29, 0.717) is 5.92 Å². The van der Waals surface area contributed by atoms with Gasteiger partial charge in [0.05, 0.1) is 19.8 Å². The monoisotopic (exact) mass is 295 g/mol. The van der Waals surface area contributed by atoms with E-state index in [1.165, 1.54) is 12.0 Å². The topological polar surface area (TPSA) is 46.1 Å². The smallest absolute Gasteiger partial charge is 0.193 e. The summed E-state index contributed by atoms with van der Waals surface area (Å²) < 4.78 is 10.9. The number of hydrogen-bond acceptors (Lipinski definition) is 3. The van der Waals surface area contributed by atoms with Gasteiger partial charge in [-0.3, -0.25) is 4.99 Å². The molecule has 0 aromatic heterocycles. The Hall–Kier alpha value is -1.07. The van der Waals surface area contributed by atoms with Crippen molar-refractivity contribution in [2.24, 2.45) is 10.9 Å². The van der Waals surface area contributed by atoms with Crippen LogP contribution in [0.5, 0.6) is 0 Å². The lowest BCUT2D eigenvalue weighted by molar-refractivity contribution is 0.114. The quantitative estimate of drug-likeness (QED) is 0.460. The van der Waals surface area contributed by atoms with E-state index in [2.05, 4.69) is 28.2 Å². The predicted molar refractivity (Wildman–Crippen MR) is 85.7 cm³/mol. The first-order chi connectivity index (χ1) is 10.3. The van der Waals surface area contributed by atoms with Crippen LogP contribution in [-0.2, 0) is 9.47 Å². The Bertz CT molecular complexity index is 369. The van der Waals surface area contributed by atoms with Gasteiger partial charge in [0.25, 0.3) is 0 Å². The number of nitrogens with one attached hydrogen (secondary N) is 1. The molecule has 1 fully saturated rings. The van der Waals surface area contributed by atoms with Crippen molar-refractivity contribution >= 4 is 5.96 Å². The Labute approximate surface area is 128 Å². The zero-order valence-electron chi connectivity index (χ0n) is 13.4. The summed E-state index contributed by atoms with van der Waals surface area (Å²) >= 11 is 0. The van der Waals surface area contributed by atoms with Crippen molar-refractivity contribution in [2.75, 3.05) is 53.1 Å². The number of hydrogen-bond donors (Lipinski definition) is 1.